The molecule has 3 heteroatoms. The highest BCUT2D eigenvalue weighted by atomic mass is 79.9. The summed E-state index contributed by atoms with van der Waals surface area (Å²) in [5, 5.41) is 3.46. The van der Waals surface area contributed by atoms with Crippen LogP contribution in [0.5, 0.6) is 0 Å². The van der Waals surface area contributed by atoms with Crippen molar-refractivity contribution < 1.29 is 4.74 Å². The molecule has 0 radical (unpaired) electrons. The van der Waals surface area contributed by atoms with Gasteiger partial charge in [-0.2, -0.15) is 0 Å². The number of hydrogen-bond acceptors (Lipinski definition) is 2. The predicted molar refractivity (Wildman–Crippen MR) is 72.2 cm³/mol. The molecule has 2 aliphatic rings. The van der Waals surface area contributed by atoms with Gasteiger partial charge in [0.15, 0.2) is 0 Å². The summed E-state index contributed by atoms with van der Waals surface area (Å²) in [6.45, 7) is 4.15. The molecule has 1 aromatic carbocycles. The van der Waals surface area contributed by atoms with E-state index in [0.29, 0.717) is 0 Å². The Labute approximate surface area is 111 Å². The molecule has 0 spiro atoms. The van der Waals surface area contributed by atoms with Crippen molar-refractivity contribution in [2.45, 2.75) is 18.3 Å². The van der Waals surface area contributed by atoms with Gasteiger partial charge < -0.3 is 10.1 Å². The average Bonchev–Trinajstić information content (AvgIpc) is 2.77. The lowest BCUT2D eigenvalue weighted by Crippen LogP contribution is -2.48. The van der Waals surface area contributed by atoms with Crippen molar-refractivity contribution in [1.82, 2.24) is 5.32 Å². The smallest absolute Gasteiger partial charge is 0.0585 e. The second kappa shape index (κ2) is 4.71. The van der Waals surface area contributed by atoms with Gasteiger partial charge in [0.25, 0.3) is 0 Å². The second-order valence-electron chi connectivity index (χ2n) is 5.34. The van der Waals surface area contributed by atoms with Gasteiger partial charge in [-0.1, -0.05) is 28.1 Å². The zero-order valence-electron chi connectivity index (χ0n) is 9.92. The van der Waals surface area contributed by atoms with E-state index in [1.807, 2.05) is 0 Å². The number of hydrogen-bond donors (Lipinski definition) is 1. The summed E-state index contributed by atoms with van der Waals surface area (Å²) < 4.78 is 6.65. The second-order valence-corrected chi connectivity index (χ2v) is 6.26. The molecule has 3 rings (SSSR count). The van der Waals surface area contributed by atoms with E-state index in [2.05, 4.69) is 45.5 Å². The first-order chi connectivity index (χ1) is 8.28. The quantitative estimate of drug-likeness (QED) is 0.926. The van der Waals surface area contributed by atoms with Gasteiger partial charge in [0.05, 0.1) is 13.2 Å². The van der Waals surface area contributed by atoms with Crippen LogP contribution in [0.1, 0.15) is 18.4 Å². The molecule has 2 heterocycles. The molecule has 0 amide bonds. The Hall–Kier alpha value is -0.380. The van der Waals surface area contributed by atoms with Gasteiger partial charge in [0, 0.05) is 9.89 Å². The average molecular weight is 296 g/mol. The molecule has 2 saturated heterocycles. The van der Waals surface area contributed by atoms with Crippen LogP contribution < -0.4 is 5.32 Å². The van der Waals surface area contributed by atoms with Crippen LogP contribution in [0.25, 0.3) is 0 Å². The molecule has 17 heavy (non-hydrogen) atoms. The standard InChI is InChI=1S/C14H18BrNO/c15-13-3-1-12(2-4-13)14(9-17-10-14)7-11-5-6-16-8-11/h1-4,11,16H,5-10H2. The molecule has 0 saturated carbocycles. The molecule has 1 aromatic rings. The van der Waals surface area contributed by atoms with Crippen molar-refractivity contribution in [2.75, 3.05) is 26.3 Å². The summed E-state index contributed by atoms with van der Waals surface area (Å²) in [4.78, 5) is 0. The monoisotopic (exact) mass is 295 g/mol. The first-order valence-electron chi connectivity index (χ1n) is 6.33. The van der Waals surface area contributed by atoms with Crippen molar-refractivity contribution in [2.24, 2.45) is 5.92 Å². The minimum Gasteiger partial charge on any atom is -0.379 e. The summed E-state index contributed by atoms with van der Waals surface area (Å²) >= 11 is 3.50. The molecule has 0 aliphatic carbocycles. The number of nitrogens with one attached hydrogen (secondary N) is 1. The minimum atomic E-state index is 0.289. The third-order valence-electron chi connectivity index (χ3n) is 4.06. The predicted octanol–water partition coefficient (Wildman–Crippen LogP) is 2.72. The highest BCUT2D eigenvalue weighted by molar-refractivity contribution is 9.10. The van der Waals surface area contributed by atoms with Gasteiger partial charge in [-0.3, -0.25) is 0 Å². The maximum atomic E-state index is 5.50. The van der Waals surface area contributed by atoms with Crippen LogP contribution in [0.3, 0.4) is 0 Å². The van der Waals surface area contributed by atoms with E-state index in [4.69, 9.17) is 4.74 Å². The summed E-state index contributed by atoms with van der Waals surface area (Å²) in [6, 6.07) is 8.77. The minimum absolute atomic E-state index is 0.289. The molecule has 2 nitrogen and oxygen atoms in total. The molecular formula is C14H18BrNO. The number of halogens is 1. The van der Waals surface area contributed by atoms with Gasteiger partial charge >= 0.3 is 0 Å². The van der Waals surface area contributed by atoms with Crippen molar-refractivity contribution in [3.05, 3.63) is 34.3 Å². The zero-order chi connectivity index (χ0) is 11.7. The molecule has 2 aliphatic heterocycles. The fraction of sp³-hybridized carbons (Fsp3) is 0.571. The number of ether oxygens (including phenoxy) is 1. The maximum Gasteiger partial charge on any atom is 0.0585 e. The van der Waals surface area contributed by atoms with Crippen LogP contribution in [0.15, 0.2) is 28.7 Å². The normalized spacial score (nSPS) is 26.8. The Balaban J connectivity index is 1.78. The van der Waals surface area contributed by atoms with Crippen LogP contribution in [-0.2, 0) is 10.2 Å². The SMILES string of the molecule is Brc1ccc(C2(CC3CCNC3)COC2)cc1. The number of benzene rings is 1. The Kier molecular flexibility index (Phi) is 3.24. The van der Waals surface area contributed by atoms with Crippen molar-refractivity contribution in [1.29, 1.82) is 0 Å². The van der Waals surface area contributed by atoms with Crippen LogP contribution in [-0.4, -0.2) is 26.3 Å². The maximum absolute atomic E-state index is 5.50. The first kappa shape index (κ1) is 11.7. The van der Waals surface area contributed by atoms with E-state index >= 15 is 0 Å². The lowest BCUT2D eigenvalue weighted by atomic mass is 9.72. The van der Waals surface area contributed by atoms with Gasteiger partial charge in [0.1, 0.15) is 0 Å². The van der Waals surface area contributed by atoms with E-state index in [9.17, 15) is 0 Å². The molecule has 1 N–H and O–H groups in total. The Morgan fingerprint density at radius 3 is 2.59 bits per heavy atom. The lowest BCUT2D eigenvalue weighted by molar-refractivity contribution is -0.0705. The molecule has 0 aromatic heterocycles. The Bertz CT molecular complexity index is 380. The summed E-state index contributed by atoms with van der Waals surface area (Å²) in [7, 11) is 0. The van der Waals surface area contributed by atoms with E-state index in [-0.39, 0.29) is 5.41 Å². The summed E-state index contributed by atoms with van der Waals surface area (Å²) in [5.74, 6) is 0.822. The van der Waals surface area contributed by atoms with Gasteiger partial charge in [-0.25, -0.2) is 0 Å². The zero-order valence-corrected chi connectivity index (χ0v) is 11.5. The molecule has 1 atom stereocenters. The first-order valence-corrected chi connectivity index (χ1v) is 7.12. The highest BCUT2D eigenvalue weighted by Gasteiger charge is 2.42. The molecule has 2 fully saturated rings. The Morgan fingerprint density at radius 2 is 2.06 bits per heavy atom. The van der Waals surface area contributed by atoms with Crippen molar-refractivity contribution in [3.8, 4) is 0 Å². The Morgan fingerprint density at radius 1 is 1.29 bits per heavy atom. The lowest BCUT2D eigenvalue weighted by Gasteiger charge is -2.43. The van der Waals surface area contributed by atoms with Crippen molar-refractivity contribution >= 4 is 15.9 Å². The highest BCUT2D eigenvalue weighted by Crippen LogP contribution is 2.39. The van der Waals surface area contributed by atoms with E-state index in [0.717, 1.165) is 23.6 Å². The molecular weight excluding hydrogens is 278 g/mol. The topological polar surface area (TPSA) is 21.3 Å². The summed E-state index contributed by atoms with van der Waals surface area (Å²) in [5.41, 5.74) is 1.73. The largest absolute Gasteiger partial charge is 0.379 e. The van der Waals surface area contributed by atoms with Crippen molar-refractivity contribution in [3.63, 3.8) is 0 Å². The molecule has 0 bridgehead atoms. The van der Waals surface area contributed by atoms with Crippen LogP contribution in [0, 0.1) is 5.92 Å². The van der Waals surface area contributed by atoms with Gasteiger partial charge in [-0.05, 0) is 49.5 Å². The molecule has 1 unspecified atom stereocenters. The van der Waals surface area contributed by atoms with E-state index in [1.165, 1.54) is 31.5 Å². The van der Waals surface area contributed by atoms with Crippen LogP contribution in [0.4, 0.5) is 0 Å². The summed E-state index contributed by atoms with van der Waals surface area (Å²) in [6.07, 6.45) is 2.58. The van der Waals surface area contributed by atoms with Crippen LogP contribution in [0.2, 0.25) is 0 Å². The number of rotatable bonds is 3. The third kappa shape index (κ3) is 2.28. The fourth-order valence-corrected chi connectivity index (χ4v) is 3.26. The van der Waals surface area contributed by atoms with E-state index < -0.39 is 0 Å². The van der Waals surface area contributed by atoms with E-state index in [1.54, 1.807) is 0 Å². The molecule has 92 valence electrons. The van der Waals surface area contributed by atoms with Gasteiger partial charge in [-0.15, -0.1) is 0 Å². The fourth-order valence-electron chi connectivity index (χ4n) is 3.00. The van der Waals surface area contributed by atoms with Crippen LogP contribution >= 0.6 is 15.9 Å². The van der Waals surface area contributed by atoms with Gasteiger partial charge in [0.2, 0.25) is 0 Å². The third-order valence-corrected chi connectivity index (χ3v) is 4.58.